The van der Waals surface area contributed by atoms with E-state index in [1.807, 2.05) is 6.92 Å². The van der Waals surface area contributed by atoms with Gasteiger partial charge in [0.2, 0.25) is 0 Å². The molecule has 1 fully saturated rings. The summed E-state index contributed by atoms with van der Waals surface area (Å²) >= 11 is 0. The SMILES string of the molecule is CCOc1cc2c(c(F)c1OCC)C(=N)N(CC(=O)c1ccc(O)c(C3CCCC3)c1)C2. The van der Waals surface area contributed by atoms with E-state index in [1.165, 1.54) is 0 Å². The molecule has 1 aliphatic heterocycles. The minimum Gasteiger partial charge on any atom is -0.508 e. The average Bonchev–Trinajstić information content (AvgIpc) is 3.40. The molecule has 0 radical (unpaired) electrons. The number of nitrogens with one attached hydrogen (secondary N) is 1. The Balaban J connectivity index is 1.56. The molecule has 1 heterocycles. The number of ketones is 1. The molecule has 0 unspecified atom stereocenters. The van der Waals surface area contributed by atoms with Gasteiger partial charge in [-0.15, -0.1) is 0 Å². The lowest BCUT2D eigenvalue weighted by atomic mass is 9.94. The van der Waals surface area contributed by atoms with Gasteiger partial charge in [0.15, 0.2) is 23.1 Å². The van der Waals surface area contributed by atoms with Crippen LogP contribution in [0.25, 0.3) is 0 Å². The van der Waals surface area contributed by atoms with Crippen molar-refractivity contribution in [1.82, 2.24) is 4.90 Å². The van der Waals surface area contributed by atoms with E-state index in [9.17, 15) is 9.90 Å². The van der Waals surface area contributed by atoms with E-state index < -0.39 is 5.82 Å². The van der Waals surface area contributed by atoms with Crippen LogP contribution in [0.1, 0.15) is 72.5 Å². The quantitative estimate of drug-likeness (QED) is 0.564. The number of Topliss-reactive ketones (excluding diaryl/α,β-unsaturated/α-hetero) is 1. The summed E-state index contributed by atoms with van der Waals surface area (Å²) in [5, 5.41) is 18.8. The number of carbonyl (C=O) groups excluding carboxylic acids is 1. The number of hydrogen-bond donors (Lipinski definition) is 2. The van der Waals surface area contributed by atoms with Crippen LogP contribution in [-0.4, -0.2) is 41.4 Å². The van der Waals surface area contributed by atoms with E-state index in [2.05, 4.69) is 0 Å². The van der Waals surface area contributed by atoms with E-state index in [1.54, 1.807) is 36.1 Å². The first-order valence-electron chi connectivity index (χ1n) is 11.3. The molecule has 7 heteroatoms. The van der Waals surface area contributed by atoms with Gasteiger partial charge >= 0.3 is 0 Å². The van der Waals surface area contributed by atoms with Crippen molar-refractivity contribution < 1.29 is 23.8 Å². The first kappa shape index (κ1) is 22.1. The highest BCUT2D eigenvalue weighted by atomic mass is 19.1. The monoisotopic (exact) mass is 440 g/mol. The van der Waals surface area contributed by atoms with Crippen molar-refractivity contribution in [2.45, 2.75) is 52.0 Å². The Hall–Kier alpha value is -3.09. The number of halogens is 1. The number of nitrogens with zero attached hydrogens (tertiary/aromatic N) is 1. The van der Waals surface area contributed by atoms with Gasteiger partial charge in [-0.2, -0.15) is 0 Å². The maximum atomic E-state index is 15.2. The molecule has 170 valence electrons. The molecule has 0 bridgehead atoms. The van der Waals surface area contributed by atoms with Gasteiger partial charge in [0.05, 0.1) is 25.3 Å². The van der Waals surface area contributed by atoms with Gasteiger partial charge in [-0.3, -0.25) is 10.2 Å². The second-order valence-corrected chi connectivity index (χ2v) is 8.30. The van der Waals surface area contributed by atoms with Gasteiger partial charge in [-0.25, -0.2) is 4.39 Å². The molecule has 6 nitrogen and oxygen atoms in total. The lowest BCUT2D eigenvalue weighted by Crippen LogP contribution is -2.30. The van der Waals surface area contributed by atoms with Crippen LogP contribution in [0.5, 0.6) is 17.2 Å². The predicted octanol–water partition coefficient (Wildman–Crippen LogP) is 5.01. The molecule has 4 rings (SSSR count). The normalized spacial score (nSPS) is 15.8. The van der Waals surface area contributed by atoms with E-state index in [4.69, 9.17) is 14.9 Å². The Morgan fingerprint density at radius 2 is 1.91 bits per heavy atom. The van der Waals surface area contributed by atoms with Crippen LogP contribution < -0.4 is 9.47 Å². The van der Waals surface area contributed by atoms with Gasteiger partial charge in [-0.05, 0) is 68.0 Å². The Kier molecular flexibility index (Phi) is 6.35. The molecule has 2 aromatic rings. The van der Waals surface area contributed by atoms with Crippen LogP contribution in [-0.2, 0) is 6.54 Å². The number of aromatic hydroxyl groups is 1. The van der Waals surface area contributed by atoms with E-state index >= 15 is 4.39 Å². The highest BCUT2D eigenvalue weighted by molar-refractivity contribution is 6.05. The number of carbonyl (C=O) groups is 1. The Morgan fingerprint density at radius 3 is 2.59 bits per heavy atom. The molecule has 2 N–H and O–H groups in total. The molecular formula is C25H29FN2O4. The number of fused-ring (bicyclic) bond motifs is 1. The van der Waals surface area contributed by atoms with Crippen LogP contribution in [0.3, 0.4) is 0 Å². The lowest BCUT2D eigenvalue weighted by molar-refractivity contribution is 0.0962. The summed E-state index contributed by atoms with van der Waals surface area (Å²) in [6.07, 6.45) is 4.29. The Labute approximate surface area is 187 Å². The van der Waals surface area contributed by atoms with Crippen LogP contribution >= 0.6 is 0 Å². The average molecular weight is 441 g/mol. The zero-order valence-corrected chi connectivity index (χ0v) is 18.5. The van der Waals surface area contributed by atoms with Crippen molar-refractivity contribution in [1.29, 1.82) is 5.41 Å². The lowest BCUT2D eigenvalue weighted by Gasteiger charge is -2.18. The topological polar surface area (TPSA) is 82.9 Å². The van der Waals surface area contributed by atoms with Crippen LogP contribution in [0.15, 0.2) is 24.3 Å². The number of ether oxygens (including phenoxy) is 2. The molecule has 1 saturated carbocycles. The minimum atomic E-state index is -0.624. The summed E-state index contributed by atoms with van der Waals surface area (Å²) in [6, 6.07) is 6.67. The number of phenols is 1. The second kappa shape index (κ2) is 9.18. The highest BCUT2D eigenvalue weighted by Gasteiger charge is 2.33. The summed E-state index contributed by atoms with van der Waals surface area (Å²) < 4.78 is 26.2. The van der Waals surface area contributed by atoms with E-state index in [0.29, 0.717) is 23.5 Å². The number of hydrogen-bond acceptors (Lipinski definition) is 5. The number of rotatable bonds is 8. The fraction of sp³-hybridized carbons (Fsp3) is 0.440. The predicted molar refractivity (Wildman–Crippen MR) is 120 cm³/mol. The van der Waals surface area contributed by atoms with Gasteiger partial charge < -0.3 is 19.5 Å². The Bertz CT molecular complexity index is 1050. The van der Waals surface area contributed by atoms with Gasteiger partial charge in [-0.1, -0.05) is 12.8 Å². The fourth-order valence-electron chi connectivity index (χ4n) is 4.72. The van der Waals surface area contributed by atoms with Gasteiger partial charge in [0.1, 0.15) is 11.6 Å². The second-order valence-electron chi connectivity index (χ2n) is 8.30. The minimum absolute atomic E-state index is 0.00534. The van der Waals surface area contributed by atoms with E-state index in [-0.39, 0.29) is 54.3 Å². The molecule has 0 amide bonds. The Morgan fingerprint density at radius 1 is 1.19 bits per heavy atom. The summed E-state index contributed by atoms with van der Waals surface area (Å²) in [7, 11) is 0. The van der Waals surface area contributed by atoms with Crippen LogP contribution in [0.4, 0.5) is 4.39 Å². The third-order valence-electron chi connectivity index (χ3n) is 6.25. The van der Waals surface area contributed by atoms with Gasteiger partial charge in [0.25, 0.3) is 0 Å². The summed E-state index contributed by atoms with van der Waals surface area (Å²) in [5.41, 5.74) is 2.08. The zero-order chi connectivity index (χ0) is 22.8. The van der Waals surface area contributed by atoms with Crippen molar-refractivity contribution in [3.63, 3.8) is 0 Å². The molecule has 0 spiro atoms. The van der Waals surface area contributed by atoms with Crippen molar-refractivity contribution in [3.05, 3.63) is 52.3 Å². The molecule has 2 aromatic carbocycles. The molecule has 2 aliphatic rings. The zero-order valence-electron chi connectivity index (χ0n) is 18.5. The fourth-order valence-corrected chi connectivity index (χ4v) is 4.72. The molecule has 0 saturated heterocycles. The van der Waals surface area contributed by atoms with Crippen molar-refractivity contribution in [2.24, 2.45) is 0 Å². The van der Waals surface area contributed by atoms with Crippen molar-refractivity contribution in [3.8, 4) is 17.2 Å². The highest BCUT2D eigenvalue weighted by Crippen LogP contribution is 2.40. The largest absolute Gasteiger partial charge is 0.508 e. The maximum absolute atomic E-state index is 15.2. The molecular weight excluding hydrogens is 411 g/mol. The molecule has 1 aliphatic carbocycles. The molecule has 0 atom stereocenters. The molecule has 0 aromatic heterocycles. The maximum Gasteiger partial charge on any atom is 0.197 e. The van der Waals surface area contributed by atoms with Crippen LogP contribution in [0.2, 0.25) is 0 Å². The smallest absolute Gasteiger partial charge is 0.197 e. The number of benzene rings is 2. The third-order valence-corrected chi connectivity index (χ3v) is 6.25. The van der Waals surface area contributed by atoms with Gasteiger partial charge in [0, 0.05) is 12.1 Å². The third kappa shape index (κ3) is 4.04. The first-order chi connectivity index (χ1) is 15.4. The van der Waals surface area contributed by atoms with Crippen LogP contribution in [0, 0.1) is 11.2 Å². The van der Waals surface area contributed by atoms with E-state index in [0.717, 1.165) is 31.2 Å². The summed E-state index contributed by atoms with van der Waals surface area (Å²) in [5.74, 6) is -0.0104. The number of phenolic OH excluding ortho intramolecular Hbond substituents is 1. The van der Waals surface area contributed by atoms with Crippen molar-refractivity contribution in [2.75, 3.05) is 19.8 Å². The number of amidine groups is 1. The van der Waals surface area contributed by atoms with Crippen molar-refractivity contribution >= 4 is 11.6 Å². The standard InChI is InChI=1S/C25H29FN2O4/c1-3-31-21-12-17-13-28(25(27)22(17)23(26)24(21)32-4-2)14-20(30)16-9-10-19(29)18(11-16)15-7-5-6-8-15/h9-12,15,27,29H,3-8,13-14H2,1-2H3. The summed E-state index contributed by atoms with van der Waals surface area (Å²) in [4.78, 5) is 14.6. The molecule has 32 heavy (non-hydrogen) atoms. The summed E-state index contributed by atoms with van der Waals surface area (Å²) in [6.45, 7) is 4.41. The first-order valence-corrected chi connectivity index (χ1v) is 11.3.